The first kappa shape index (κ1) is 13.7. The van der Waals surface area contributed by atoms with Crippen molar-refractivity contribution >= 4 is 0 Å². The smallest absolute Gasteiger partial charge is 0.000663 e. The second-order valence-corrected chi connectivity index (χ2v) is 4.66. The van der Waals surface area contributed by atoms with Gasteiger partial charge in [-0.3, -0.25) is 0 Å². The van der Waals surface area contributed by atoms with Crippen LogP contribution in [0.15, 0.2) is 11.6 Å². The largest absolute Gasteiger partial charge is 0.309 e. The van der Waals surface area contributed by atoms with Crippen LogP contribution in [0.25, 0.3) is 0 Å². The maximum atomic E-state index is 2.40. The van der Waals surface area contributed by atoms with Crippen LogP contribution in [-0.4, -0.2) is 25.5 Å². The SMILES string of the molecule is CC1=CCC(CN(C)C)CC1.CCC. The van der Waals surface area contributed by atoms with Crippen molar-refractivity contribution in [2.45, 2.75) is 46.5 Å². The zero-order valence-electron chi connectivity index (χ0n) is 10.6. The number of hydrogen-bond acceptors (Lipinski definition) is 1. The van der Waals surface area contributed by atoms with E-state index in [2.05, 4.69) is 45.8 Å². The maximum Gasteiger partial charge on any atom is 0.000663 e. The monoisotopic (exact) mass is 197 g/mol. The van der Waals surface area contributed by atoms with Gasteiger partial charge in [0.2, 0.25) is 0 Å². The Morgan fingerprint density at radius 1 is 1.36 bits per heavy atom. The molecular weight excluding hydrogens is 170 g/mol. The summed E-state index contributed by atoms with van der Waals surface area (Å²) >= 11 is 0. The van der Waals surface area contributed by atoms with Crippen molar-refractivity contribution in [1.29, 1.82) is 0 Å². The highest BCUT2D eigenvalue weighted by Crippen LogP contribution is 2.23. The minimum atomic E-state index is 0.911. The van der Waals surface area contributed by atoms with E-state index < -0.39 is 0 Å². The summed E-state index contributed by atoms with van der Waals surface area (Å²) in [5.41, 5.74) is 1.58. The van der Waals surface area contributed by atoms with Crippen LogP contribution in [-0.2, 0) is 0 Å². The summed E-state index contributed by atoms with van der Waals surface area (Å²) in [6.45, 7) is 7.75. The van der Waals surface area contributed by atoms with Crippen molar-refractivity contribution in [2.75, 3.05) is 20.6 Å². The van der Waals surface area contributed by atoms with E-state index in [0.29, 0.717) is 0 Å². The zero-order chi connectivity index (χ0) is 11.0. The molecule has 0 saturated heterocycles. The summed E-state index contributed by atoms with van der Waals surface area (Å²) in [7, 11) is 4.32. The van der Waals surface area contributed by atoms with E-state index in [0.717, 1.165) is 5.92 Å². The fraction of sp³-hybridized carbons (Fsp3) is 0.846. The Kier molecular flexibility index (Phi) is 7.87. The van der Waals surface area contributed by atoms with Crippen LogP contribution in [0, 0.1) is 5.92 Å². The molecule has 0 fully saturated rings. The van der Waals surface area contributed by atoms with Gasteiger partial charge in [0.05, 0.1) is 0 Å². The molecule has 1 aliphatic rings. The van der Waals surface area contributed by atoms with Gasteiger partial charge < -0.3 is 4.90 Å². The van der Waals surface area contributed by atoms with Gasteiger partial charge in [-0.15, -0.1) is 0 Å². The third kappa shape index (κ3) is 7.14. The van der Waals surface area contributed by atoms with E-state index >= 15 is 0 Å². The Morgan fingerprint density at radius 2 is 1.93 bits per heavy atom. The van der Waals surface area contributed by atoms with Gasteiger partial charge in [0, 0.05) is 6.54 Å². The lowest BCUT2D eigenvalue weighted by Crippen LogP contribution is -2.22. The van der Waals surface area contributed by atoms with Crippen LogP contribution in [0.1, 0.15) is 46.5 Å². The number of hydrogen-bond donors (Lipinski definition) is 0. The number of allylic oxidation sites excluding steroid dienone is 2. The topological polar surface area (TPSA) is 3.24 Å². The summed E-state index contributed by atoms with van der Waals surface area (Å²) in [6.07, 6.45) is 7.65. The molecule has 0 aliphatic heterocycles. The van der Waals surface area contributed by atoms with Crippen LogP contribution in [0.3, 0.4) is 0 Å². The molecular formula is C13H27N. The maximum absolute atomic E-state index is 2.40. The van der Waals surface area contributed by atoms with E-state index in [1.54, 1.807) is 5.57 Å². The predicted octanol–water partition coefficient (Wildman–Crippen LogP) is 3.71. The molecule has 0 heterocycles. The van der Waals surface area contributed by atoms with Crippen molar-refractivity contribution in [1.82, 2.24) is 4.90 Å². The summed E-state index contributed by atoms with van der Waals surface area (Å²) in [6, 6.07) is 0. The van der Waals surface area contributed by atoms with Crippen LogP contribution in [0.2, 0.25) is 0 Å². The lowest BCUT2D eigenvalue weighted by Gasteiger charge is -2.23. The summed E-state index contributed by atoms with van der Waals surface area (Å²) in [5.74, 6) is 0.911. The number of nitrogens with zero attached hydrogens (tertiary/aromatic N) is 1. The molecule has 0 saturated carbocycles. The van der Waals surface area contributed by atoms with Crippen molar-refractivity contribution in [3.8, 4) is 0 Å². The van der Waals surface area contributed by atoms with E-state index in [4.69, 9.17) is 0 Å². The molecule has 0 spiro atoms. The lowest BCUT2D eigenvalue weighted by molar-refractivity contribution is 0.307. The van der Waals surface area contributed by atoms with Gasteiger partial charge >= 0.3 is 0 Å². The van der Waals surface area contributed by atoms with E-state index in [9.17, 15) is 0 Å². The predicted molar refractivity (Wildman–Crippen MR) is 65.6 cm³/mol. The molecule has 1 rings (SSSR count). The van der Waals surface area contributed by atoms with E-state index in [1.165, 1.54) is 32.2 Å². The van der Waals surface area contributed by atoms with Gasteiger partial charge in [0.15, 0.2) is 0 Å². The fourth-order valence-corrected chi connectivity index (χ4v) is 1.70. The molecule has 1 atom stereocenters. The first-order valence-corrected chi connectivity index (χ1v) is 5.90. The Labute approximate surface area is 90.2 Å². The molecule has 0 aromatic rings. The second kappa shape index (κ2) is 8.05. The van der Waals surface area contributed by atoms with Crippen LogP contribution in [0.5, 0.6) is 0 Å². The molecule has 1 nitrogen and oxygen atoms in total. The summed E-state index contributed by atoms with van der Waals surface area (Å²) in [5, 5.41) is 0. The summed E-state index contributed by atoms with van der Waals surface area (Å²) < 4.78 is 0. The van der Waals surface area contributed by atoms with Gasteiger partial charge in [-0.2, -0.15) is 0 Å². The molecule has 14 heavy (non-hydrogen) atoms. The van der Waals surface area contributed by atoms with E-state index in [1.807, 2.05) is 0 Å². The van der Waals surface area contributed by atoms with Crippen LogP contribution < -0.4 is 0 Å². The lowest BCUT2D eigenvalue weighted by atomic mass is 9.90. The van der Waals surface area contributed by atoms with Gasteiger partial charge in [0.25, 0.3) is 0 Å². The molecule has 1 aliphatic carbocycles. The molecule has 1 heteroatoms. The first-order valence-electron chi connectivity index (χ1n) is 5.90. The van der Waals surface area contributed by atoms with E-state index in [-0.39, 0.29) is 0 Å². The van der Waals surface area contributed by atoms with Crippen LogP contribution in [0.4, 0.5) is 0 Å². The molecule has 0 aromatic heterocycles. The first-order chi connectivity index (χ1) is 6.60. The molecule has 0 radical (unpaired) electrons. The Hall–Kier alpha value is -0.300. The van der Waals surface area contributed by atoms with Gasteiger partial charge in [-0.1, -0.05) is 31.9 Å². The second-order valence-electron chi connectivity index (χ2n) is 4.66. The highest BCUT2D eigenvalue weighted by Gasteiger charge is 2.12. The third-order valence-electron chi connectivity index (χ3n) is 2.37. The highest BCUT2D eigenvalue weighted by molar-refractivity contribution is 5.02. The van der Waals surface area contributed by atoms with Crippen molar-refractivity contribution in [3.05, 3.63) is 11.6 Å². The summed E-state index contributed by atoms with van der Waals surface area (Å²) in [4.78, 5) is 2.29. The standard InChI is InChI=1S/C10H19N.C3H8/c1-9-4-6-10(7-5-9)8-11(2)3;1-3-2/h4,10H,5-8H2,1-3H3;3H2,1-2H3. The molecule has 0 aromatic carbocycles. The van der Waals surface area contributed by atoms with Gasteiger partial charge in [-0.05, 0) is 46.2 Å². The molecule has 0 N–H and O–H groups in total. The van der Waals surface area contributed by atoms with Crippen LogP contribution >= 0.6 is 0 Å². The normalized spacial score (nSPS) is 21.3. The quantitative estimate of drug-likeness (QED) is 0.610. The van der Waals surface area contributed by atoms with Crippen molar-refractivity contribution in [3.63, 3.8) is 0 Å². The number of rotatable bonds is 2. The zero-order valence-corrected chi connectivity index (χ0v) is 10.6. The Balaban J connectivity index is 0.000000500. The fourth-order valence-electron chi connectivity index (χ4n) is 1.70. The minimum Gasteiger partial charge on any atom is -0.309 e. The average Bonchev–Trinajstić information content (AvgIpc) is 2.09. The highest BCUT2D eigenvalue weighted by atomic mass is 15.1. The van der Waals surface area contributed by atoms with Crippen molar-refractivity contribution < 1.29 is 0 Å². The van der Waals surface area contributed by atoms with Gasteiger partial charge in [-0.25, -0.2) is 0 Å². The van der Waals surface area contributed by atoms with Gasteiger partial charge in [0.1, 0.15) is 0 Å². The molecule has 0 bridgehead atoms. The molecule has 1 unspecified atom stereocenters. The third-order valence-corrected chi connectivity index (χ3v) is 2.37. The Bertz CT molecular complexity index is 159. The Morgan fingerprint density at radius 3 is 2.29 bits per heavy atom. The molecule has 84 valence electrons. The minimum absolute atomic E-state index is 0.911. The van der Waals surface area contributed by atoms with Crippen molar-refractivity contribution in [2.24, 2.45) is 5.92 Å². The average molecular weight is 197 g/mol. The molecule has 0 amide bonds.